The summed E-state index contributed by atoms with van der Waals surface area (Å²) in [4.78, 5) is 36.1. The number of hydrogen-bond acceptors (Lipinski definition) is 3. The molecule has 0 radical (unpaired) electrons. The maximum absolute atomic E-state index is 12.1. The number of benzene rings is 2. The number of halogens is 3. The van der Waals surface area contributed by atoms with E-state index in [2.05, 4.69) is 16.2 Å². The van der Waals surface area contributed by atoms with Crippen molar-refractivity contribution in [3.8, 4) is 0 Å². The summed E-state index contributed by atoms with van der Waals surface area (Å²) in [7, 11) is 0. The normalized spacial score (nSPS) is 11.4. The van der Waals surface area contributed by atoms with Gasteiger partial charge in [0.25, 0.3) is 17.7 Å². The van der Waals surface area contributed by atoms with E-state index in [9.17, 15) is 14.4 Å². The summed E-state index contributed by atoms with van der Waals surface area (Å²) < 4.78 is 0. The van der Waals surface area contributed by atoms with Gasteiger partial charge in [-0.3, -0.25) is 25.2 Å². The molecule has 1 unspecified atom stereocenters. The molecule has 26 heavy (non-hydrogen) atoms. The van der Waals surface area contributed by atoms with Crippen molar-refractivity contribution in [2.45, 2.75) is 13.0 Å². The van der Waals surface area contributed by atoms with Gasteiger partial charge in [-0.25, -0.2) is 0 Å². The monoisotopic (exact) mass is 413 g/mol. The summed E-state index contributed by atoms with van der Waals surface area (Å²) in [5.41, 5.74) is 4.89. The fourth-order valence-corrected chi connectivity index (χ4v) is 2.41. The lowest BCUT2D eigenvalue weighted by Gasteiger charge is -2.15. The molecule has 0 heterocycles. The van der Waals surface area contributed by atoms with Gasteiger partial charge in [0.1, 0.15) is 6.04 Å². The van der Waals surface area contributed by atoms with Gasteiger partial charge in [-0.15, -0.1) is 0 Å². The second-order valence-electron chi connectivity index (χ2n) is 5.27. The van der Waals surface area contributed by atoms with Crippen LogP contribution in [0.1, 0.15) is 27.6 Å². The molecule has 2 aromatic rings. The molecule has 1 atom stereocenters. The molecule has 2 rings (SSSR count). The number of carbonyl (C=O) groups excluding carboxylic acids is 3. The molecule has 0 aliphatic rings. The lowest BCUT2D eigenvalue weighted by molar-refractivity contribution is -0.123. The molecule has 0 spiro atoms. The molecule has 3 N–H and O–H groups in total. The molecule has 136 valence electrons. The van der Waals surface area contributed by atoms with Crippen molar-refractivity contribution < 1.29 is 14.4 Å². The predicted octanol–water partition coefficient (Wildman–Crippen LogP) is 3.23. The second-order valence-corrected chi connectivity index (χ2v) is 6.55. The topological polar surface area (TPSA) is 87.3 Å². The third-order valence-electron chi connectivity index (χ3n) is 3.32. The van der Waals surface area contributed by atoms with Crippen LogP contribution in [-0.2, 0) is 4.79 Å². The lowest BCUT2D eigenvalue weighted by atomic mass is 10.2. The van der Waals surface area contributed by atoms with Gasteiger partial charge in [0.15, 0.2) is 0 Å². The minimum Gasteiger partial charge on any atom is -0.340 e. The summed E-state index contributed by atoms with van der Waals surface area (Å²) in [6, 6.07) is 9.68. The van der Waals surface area contributed by atoms with Crippen molar-refractivity contribution in [3.63, 3.8) is 0 Å². The van der Waals surface area contributed by atoms with Crippen LogP contribution in [-0.4, -0.2) is 23.8 Å². The highest BCUT2D eigenvalue weighted by molar-refractivity contribution is 6.35. The maximum atomic E-state index is 12.1. The van der Waals surface area contributed by atoms with Crippen LogP contribution in [0.15, 0.2) is 42.5 Å². The Kier molecular flexibility index (Phi) is 6.85. The molecule has 9 heteroatoms. The highest BCUT2D eigenvalue weighted by atomic mass is 35.5. The van der Waals surface area contributed by atoms with E-state index in [0.717, 1.165) is 0 Å². The second kappa shape index (κ2) is 8.89. The fourth-order valence-electron chi connectivity index (χ4n) is 1.91. The van der Waals surface area contributed by atoms with E-state index in [4.69, 9.17) is 34.8 Å². The average Bonchev–Trinajstić information content (AvgIpc) is 2.61. The first-order chi connectivity index (χ1) is 12.3. The van der Waals surface area contributed by atoms with Gasteiger partial charge in [0, 0.05) is 15.6 Å². The van der Waals surface area contributed by atoms with E-state index in [0.29, 0.717) is 15.6 Å². The molecule has 0 bridgehead atoms. The highest BCUT2D eigenvalue weighted by Crippen LogP contribution is 2.20. The predicted molar refractivity (Wildman–Crippen MR) is 100 cm³/mol. The minimum atomic E-state index is -0.895. The Hall–Kier alpha value is -2.28. The van der Waals surface area contributed by atoms with E-state index >= 15 is 0 Å². The quantitative estimate of drug-likeness (QED) is 0.671. The maximum Gasteiger partial charge on any atom is 0.271 e. The van der Waals surface area contributed by atoms with Gasteiger partial charge < -0.3 is 5.32 Å². The van der Waals surface area contributed by atoms with Crippen molar-refractivity contribution in [2.24, 2.45) is 0 Å². The van der Waals surface area contributed by atoms with Crippen LogP contribution in [0.5, 0.6) is 0 Å². The smallest absolute Gasteiger partial charge is 0.271 e. The Labute approximate surface area is 164 Å². The van der Waals surface area contributed by atoms with Crippen LogP contribution in [0.25, 0.3) is 0 Å². The average molecular weight is 415 g/mol. The molecule has 0 aliphatic heterocycles. The van der Waals surface area contributed by atoms with Crippen molar-refractivity contribution in [3.05, 3.63) is 68.7 Å². The summed E-state index contributed by atoms with van der Waals surface area (Å²) in [6.07, 6.45) is 0. The third kappa shape index (κ3) is 5.36. The van der Waals surface area contributed by atoms with Crippen LogP contribution < -0.4 is 16.2 Å². The van der Waals surface area contributed by atoms with Crippen molar-refractivity contribution >= 4 is 52.5 Å². The highest BCUT2D eigenvalue weighted by Gasteiger charge is 2.18. The zero-order valence-corrected chi connectivity index (χ0v) is 15.7. The van der Waals surface area contributed by atoms with Crippen molar-refractivity contribution in [1.82, 2.24) is 16.2 Å². The standard InChI is InChI=1S/C17H14Cl3N3O3/c1-9(21-16(25)10-2-4-11(18)5-3-10)15(24)22-23-17(26)13-8-12(19)6-7-14(13)20/h2-9H,1H3,(H,21,25)(H,22,24)(H,23,26). The summed E-state index contributed by atoms with van der Waals surface area (Å²) in [5.74, 6) is -1.70. The Bertz CT molecular complexity index is 841. The van der Waals surface area contributed by atoms with E-state index in [1.54, 1.807) is 12.1 Å². The van der Waals surface area contributed by atoms with Crippen LogP contribution in [0, 0.1) is 0 Å². The molecule has 6 nitrogen and oxygen atoms in total. The minimum absolute atomic E-state index is 0.109. The number of hydrazine groups is 1. The van der Waals surface area contributed by atoms with Gasteiger partial charge in [-0.1, -0.05) is 34.8 Å². The number of amides is 3. The fraction of sp³-hybridized carbons (Fsp3) is 0.118. The van der Waals surface area contributed by atoms with Gasteiger partial charge >= 0.3 is 0 Å². The summed E-state index contributed by atoms with van der Waals surface area (Å²) in [5, 5.41) is 3.52. The van der Waals surface area contributed by atoms with E-state index in [1.807, 2.05) is 0 Å². The molecular formula is C17H14Cl3N3O3. The van der Waals surface area contributed by atoms with Gasteiger partial charge in [-0.05, 0) is 49.4 Å². The van der Waals surface area contributed by atoms with E-state index < -0.39 is 23.8 Å². The van der Waals surface area contributed by atoms with Gasteiger partial charge in [-0.2, -0.15) is 0 Å². The van der Waals surface area contributed by atoms with Crippen molar-refractivity contribution in [2.75, 3.05) is 0 Å². The molecule has 0 saturated carbocycles. The van der Waals surface area contributed by atoms with Crippen LogP contribution in [0.3, 0.4) is 0 Å². The third-order valence-corrected chi connectivity index (χ3v) is 4.14. The summed E-state index contributed by atoms with van der Waals surface area (Å²) in [6.45, 7) is 1.47. The van der Waals surface area contributed by atoms with E-state index in [1.165, 1.54) is 37.3 Å². The van der Waals surface area contributed by atoms with Crippen molar-refractivity contribution in [1.29, 1.82) is 0 Å². The lowest BCUT2D eigenvalue weighted by Crippen LogP contribution is -2.51. The van der Waals surface area contributed by atoms with Crippen LogP contribution >= 0.6 is 34.8 Å². The Morgan fingerprint density at radius 3 is 2.12 bits per heavy atom. The molecule has 2 aromatic carbocycles. The Balaban J connectivity index is 1.90. The number of hydrogen-bond donors (Lipinski definition) is 3. The first-order valence-electron chi connectivity index (χ1n) is 7.39. The molecular weight excluding hydrogens is 401 g/mol. The van der Waals surface area contributed by atoms with Gasteiger partial charge in [0.05, 0.1) is 10.6 Å². The summed E-state index contributed by atoms with van der Waals surface area (Å²) >= 11 is 17.5. The molecule has 0 saturated heterocycles. The zero-order chi connectivity index (χ0) is 19.3. The first kappa shape index (κ1) is 20.0. The first-order valence-corrected chi connectivity index (χ1v) is 8.53. The molecule has 0 fully saturated rings. The van der Waals surface area contributed by atoms with Crippen LogP contribution in [0.2, 0.25) is 15.1 Å². The number of carbonyl (C=O) groups is 3. The molecule has 0 aliphatic carbocycles. The Morgan fingerprint density at radius 2 is 1.46 bits per heavy atom. The Morgan fingerprint density at radius 1 is 0.846 bits per heavy atom. The number of rotatable bonds is 4. The molecule has 3 amide bonds. The van der Waals surface area contributed by atoms with E-state index in [-0.39, 0.29) is 10.6 Å². The van der Waals surface area contributed by atoms with Gasteiger partial charge in [0.2, 0.25) is 0 Å². The number of nitrogens with one attached hydrogen (secondary N) is 3. The SMILES string of the molecule is CC(NC(=O)c1ccc(Cl)cc1)C(=O)NNC(=O)c1cc(Cl)ccc1Cl. The molecule has 0 aromatic heterocycles. The zero-order valence-electron chi connectivity index (χ0n) is 13.5. The van der Waals surface area contributed by atoms with Crippen LogP contribution in [0.4, 0.5) is 0 Å². The largest absolute Gasteiger partial charge is 0.340 e.